The molecule has 0 unspecified atom stereocenters. The molecule has 1 aromatic rings. The van der Waals surface area contributed by atoms with Crippen LogP contribution in [0.4, 0.5) is 10.5 Å². The first-order valence-electron chi connectivity index (χ1n) is 7.47. The third kappa shape index (κ3) is 3.37. The molecule has 0 saturated heterocycles. The normalized spacial score (nSPS) is 16.9. The summed E-state index contributed by atoms with van der Waals surface area (Å²) >= 11 is 3.56. The fraction of sp³-hybridized carbons (Fsp3) is 0.500. The summed E-state index contributed by atoms with van der Waals surface area (Å²) < 4.78 is 5.61. The van der Waals surface area contributed by atoms with Crippen LogP contribution in [-0.4, -0.2) is 22.6 Å². The van der Waals surface area contributed by atoms with E-state index in [-0.39, 0.29) is 6.09 Å². The molecule has 1 aliphatic rings. The summed E-state index contributed by atoms with van der Waals surface area (Å²) in [6, 6.07) is 6.16. The highest BCUT2D eigenvalue weighted by Crippen LogP contribution is 2.40. The zero-order valence-electron chi connectivity index (χ0n) is 14.2. The maximum absolute atomic E-state index is 12.7. The number of ether oxygens (including phenoxy) is 1. The van der Waals surface area contributed by atoms with E-state index in [1.807, 2.05) is 46.8 Å². The van der Waals surface area contributed by atoms with Crippen LogP contribution in [0.25, 0.3) is 5.57 Å². The topological polar surface area (TPSA) is 29.5 Å². The summed E-state index contributed by atoms with van der Waals surface area (Å²) in [7, 11) is 0. The number of hydrogen-bond donors (Lipinski definition) is 0. The summed E-state index contributed by atoms with van der Waals surface area (Å²) in [6.45, 7) is 11.8. The van der Waals surface area contributed by atoms with Gasteiger partial charge in [-0.25, -0.2) is 4.79 Å². The van der Waals surface area contributed by atoms with Crippen molar-refractivity contribution in [1.82, 2.24) is 0 Å². The Morgan fingerprint density at radius 1 is 1.32 bits per heavy atom. The van der Waals surface area contributed by atoms with E-state index in [1.54, 1.807) is 4.90 Å². The Morgan fingerprint density at radius 3 is 2.50 bits per heavy atom. The molecule has 0 aliphatic carbocycles. The van der Waals surface area contributed by atoms with Crippen molar-refractivity contribution in [3.8, 4) is 0 Å². The lowest BCUT2D eigenvalue weighted by atomic mass is 9.88. The Morgan fingerprint density at radius 2 is 1.95 bits per heavy atom. The summed E-state index contributed by atoms with van der Waals surface area (Å²) in [5.41, 5.74) is 3.41. The minimum Gasteiger partial charge on any atom is -0.443 e. The second-order valence-corrected chi connectivity index (χ2v) is 7.85. The molecule has 0 radical (unpaired) electrons. The van der Waals surface area contributed by atoms with E-state index >= 15 is 0 Å². The number of amides is 1. The van der Waals surface area contributed by atoms with Crippen molar-refractivity contribution < 1.29 is 9.53 Å². The molecule has 4 heteroatoms. The van der Waals surface area contributed by atoms with E-state index < -0.39 is 11.1 Å². The van der Waals surface area contributed by atoms with E-state index in [0.717, 1.165) is 16.6 Å². The van der Waals surface area contributed by atoms with Gasteiger partial charge in [-0.3, -0.25) is 4.90 Å². The highest BCUT2D eigenvalue weighted by atomic mass is 79.9. The molecule has 2 rings (SSSR count). The van der Waals surface area contributed by atoms with E-state index in [4.69, 9.17) is 4.74 Å². The number of benzene rings is 1. The molecule has 0 saturated carbocycles. The number of fused-ring (bicyclic) bond motifs is 1. The van der Waals surface area contributed by atoms with E-state index in [0.29, 0.717) is 0 Å². The third-order valence-corrected chi connectivity index (χ3v) is 4.17. The van der Waals surface area contributed by atoms with Crippen LogP contribution >= 0.6 is 15.9 Å². The van der Waals surface area contributed by atoms with Gasteiger partial charge in [0.25, 0.3) is 0 Å². The zero-order valence-corrected chi connectivity index (χ0v) is 15.7. The number of carbonyl (C=O) groups excluding carboxylic acids is 1. The molecule has 0 bridgehead atoms. The predicted octanol–water partition coefficient (Wildman–Crippen LogP) is 5.31. The lowest BCUT2D eigenvalue weighted by molar-refractivity contribution is 0.0556. The molecular formula is C18H24BrNO2. The second-order valence-electron chi connectivity index (χ2n) is 7.29. The van der Waals surface area contributed by atoms with Gasteiger partial charge in [-0.05, 0) is 59.2 Å². The Kier molecular flexibility index (Phi) is 4.44. The van der Waals surface area contributed by atoms with E-state index in [9.17, 15) is 4.79 Å². The van der Waals surface area contributed by atoms with Crippen LogP contribution in [0, 0.1) is 6.92 Å². The lowest BCUT2D eigenvalue weighted by Gasteiger charge is -2.42. The van der Waals surface area contributed by atoms with Gasteiger partial charge in [0.15, 0.2) is 0 Å². The average molecular weight is 366 g/mol. The summed E-state index contributed by atoms with van der Waals surface area (Å²) in [5.74, 6) is 0. The number of halogens is 1. The molecule has 22 heavy (non-hydrogen) atoms. The van der Waals surface area contributed by atoms with Crippen LogP contribution < -0.4 is 4.90 Å². The van der Waals surface area contributed by atoms with Gasteiger partial charge in [-0.2, -0.15) is 0 Å². The number of allylic oxidation sites excluding steroid dienone is 1. The van der Waals surface area contributed by atoms with Crippen molar-refractivity contribution in [2.45, 2.75) is 52.7 Å². The zero-order chi connectivity index (χ0) is 16.7. The number of aryl methyl sites for hydroxylation is 1. The smallest absolute Gasteiger partial charge is 0.415 e. The maximum Gasteiger partial charge on any atom is 0.415 e. The fourth-order valence-electron chi connectivity index (χ4n) is 2.73. The molecule has 0 fully saturated rings. The summed E-state index contributed by atoms with van der Waals surface area (Å²) in [5, 5.41) is 0.759. The quantitative estimate of drug-likeness (QED) is 0.631. The van der Waals surface area contributed by atoms with Gasteiger partial charge < -0.3 is 4.74 Å². The van der Waals surface area contributed by atoms with Crippen molar-refractivity contribution >= 4 is 33.3 Å². The second kappa shape index (κ2) is 5.73. The van der Waals surface area contributed by atoms with Crippen LogP contribution in [0.3, 0.4) is 0 Å². The van der Waals surface area contributed by atoms with Gasteiger partial charge >= 0.3 is 6.09 Å². The molecule has 0 spiro atoms. The summed E-state index contributed by atoms with van der Waals surface area (Å²) in [4.78, 5) is 14.5. The average Bonchev–Trinajstić information content (AvgIpc) is 2.35. The van der Waals surface area contributed by atoms with Crippen molar-refractivity contribution in [2.24, 2.45) is 0 Å². The first kappa shape index (κ1) is 17.1. The molecule has 3 nitrogen and oxygen atoms in total. The largest absolute Gasteiger partial charge is 0.443 e. The van der Waals surface area contributed by atoms with Gasteiger partial charge in [0.1, 0.15) is 5.60 Å². The lowest BCUT2D eigenvalue weighted by Crippen LogP contribution is -2.50. The van der Waals surface area contributed by atoms with Crippen molar-refractivity contribution in [3.05, 3.63) is 35.4 Å². The van der Waals surface area contributed by atoms with E-state index in [1.165, 1.54) is 11.1 Å². The van der Waals surface area contributed by atoms with Crippen molar-refractivity contribution in [2.75, 3.05) is 10.2 Å². The molecule has 120 valence electrons. The maximum atomic E-state index is 12.7. The number of nitrogens with zero attached hydrogens (tertiary/aromatic N) is 1. The Labute approximate surface area is 141 Å². The highest BCUT2D eigenvalue weighted by molar-refractivity contribution is 9.09. The number of carbonyl (C=O) groups is 1. The van der Waals surface area contributed by atoms with Crippen molar-refractivity contribution in [1.29, 1.82) is 0 Å². The van der Waals surface area contributed by atoms with Gasteiger partial charge in [-0.1, -0.05) is 33.6 Å². The number of rotatable bonds is 1. The third-order valence-electron chi connectivity index (χ3n) is 3.56. The number of anilines is 1. The monoisotopic (exact) mass is 365 g/mol. The molecule has 1 aliphatic heterocycles. The van der Waals surface area contributed by atoms with Crippen LogP contribution in [-0.2, 0) is 4.74 Å². The standard InChI is InChI=1S/C18H24BrNO2/c1-12-7-8-15-14(9-12)13(11-19)10-18(5,6)20(15)16(21)22-17(2,3)4/h7-10H,11H2,1-6H3. The Balaban J connectivity index is 2.55. The van der Waals surface area contributed by atoms with Gasteiger partial charge in [0.05, 0.1) is 11.2 Å². The van der Waals surface area contributed by atoms with Crippen molar-refractivity contribution in [3.63, 3.8) is 0 Å². The van der Waals surface area contributed by atoms with Gasteiger partial charge in [0.2, 0.25) is 0 Å². The highest BCUT2D eigenvalue weighted by Gasteiger charge is 2.38. The van der Waals surface area contributed by atoms with Crippen LogP contribution in [0.1, 0.15) is 45.7 Å². The van der Waals surface area contributed by atoms with Crippen LogP contribution in [0.5, 0.6) is 0 Å². The first-order chi connectivity index (χ1) is 10.0. The molecule has 0 atom stereocenters. The molecule has 1 heterocycles. The Hall–Kier alpha value is -1.29. The minimum absolute atomic E-state index is 0.313. The molecule has 0 N–H and O–H groups in total. The minimum atomic E-state index is -0.516. The van der Waals surface area contributed by atoms with E-state index in [2.05, 4.69) is 35.0 Å². The van der Waals surface area contributed by atoms with Crippen LogP contribution in [0.15, 0.2) is 24.3 Å². The van der Waals surface area contributed by atoms with Gasteiger partial charge in [0, 0.05) is 10.9 Å². The summed E-state index contributed by atoms with van der Waals surface area (Å²) in [6.07, 6.45) is 1.82. The van der Waals surface area contributed by atoms with Gasteiger partial charge in [-0.15, -0.1) is 0 Å². The Bertz CT molecular complexity index is 626. The number of alkyl halides is 1. The number of hydrogen-bond acceptors (Lipinski definition) is 2. The predicted molar refractivity (Wildman–Crippen MR) is 95.7 cm³/mol. The SMILES string of the molecule is Cc1ccc2c(c1)C(CBr)=CC(C)(C)N2C(=O)OC(C)(C)C. The molecule has 1 aromatic carbocycles. The fourth-order valence-corrected chi connectivity index (χ4v) is 3.20. The molecule has 1 amide bonds. The van der Waals surface area contributed by atoms with Crippen LogP contribution in [0.2, 0.25) is 0 Å². The first-order valence-corrected chi connectivity index (χ1v) is 8.59. The molecular weight excluding hydrogens is 342 g/mol. The molecule has 0 aromatic heterocycles.